The summed E-state index contributed by atoms with van der Waals surface area (Å²) in [7, 11) is 0. The first kappa shape index (κ1) is 11.1. The van der Waals surface area contributed by atoms with E-state index < -0.39 is 6.10 Å². The summed E-state index contributed by atoms with van der Waals surface area (Å²) >= 11 is 5.24. The molecule has 0 rings (SSSR count). The molecule has 0 aromatic heterocycles. The fourth-order valence-corrected chi connectivity index (χ4v) is 0.693. The Balaban J connectivity index is 3.36. The van der Waals surface area contributed by atoms with Crippen molar-refractivity contribution in [1.82, 2.24) is 0 Å². The van der Waals surface area contributed by atoms with Gasteiger partial charge in [-0.25, -0.2) is 0 Å². The van der Waals surface area contributed by atoms with Crippen LogP contribution >= 0.6 is 11.6 Å². The third-order valence-corrected chi connectivity index (χ3v) is 1.35. The van der Waals surface area contributed by atoms with Crippen molar-refractivity contribution in [3.63, 3.8) is 0 Å². The summed E-state index contributed by atoms with van der Waals surface area (Å²) in [6, 6.07) is 0. The average molecular weight is 183 g/mol. The Kier molecular flexibility index (Phi) is 7.60. The van der Waals surface area contributed by atoms with Gasteiger partial charge in [0.2, 0.25) is 0 Å². The Morgan fingerprint density at radius 3 is 2.92 bits per heavy atom. The van der Waals surface area contributed by atoms with E-state index in [4.69, 9.17) is 23.1 Å². The summed E-state index contributed by atoms with van der Waals surface area (Å²) < 4.78 is 0. The van der Waals surface area contributed by atoms with E-state index in [1.807, 2.05) is 0 Å². The maximum Gasteiger partial charge on any atom is 0.114 e. The van der Waals surface area contributed by atoms with Crippen molar-refractivity contribution in [2.45, 2.75) is 25.4 Å². The highest BCUT2D eigenvalue weighted by molar-refractivity contribution is 6.25. The highest BCUT2D eigenvalue weighted by atomic mass is 35.5. The molecule has 0 bridgehead atoms. The van der Waals surface area contributed by atoms with Gasteiger partial charge in [-0.3, -0.25) is 0 Å². The van der Waals surface area contributed by atoms with E-state index in [9.17, 15) is 0 Å². The van der Waals surface area contributed by atoms with E-state index in [0.717, 1.165) is 12.8 Å². The highest BCUT2D eigenvalue weighted by Crippen LogP contribution is 1.98. The van der Waals surface area contributed by atoms with Crippen LogP contribution < -0.4 is 0 Å². The maximum atomic E-state index is 8.94. The van der Waals surface area contributed by atoms with Crippen LogP contribution in [0.25, 0.3) is 0 Å². The molecule has 0 amide bonds. The van der Waals surface area contributed by atoms with Crippen LogP contribution in [0, 0.1) is 24.2 Å². The molecule has 0 fully saturated rings. The summed E-state index contributed by atoms with van der Waals surface area (Å²) in [6.07, 6.45) is 8.07. The van der Waals surface area contributed by atoms with Crippen molar-refractivity contribution in [1.29, 1.82) is 0 Å². The molecule has 0 radical (unpaired) electrons. The van der Waals surface area contributed by atoms with Gasteiger partial charge in [0.25, 0.3) is 0 Å². The van der Waals surface area contributed by atoms with Gasteiger partial charge in [0.15, 0.2) is 0 Å². The molecule has 1 atom stereocenters. The maximum absolute atomic E-state index is 8.94. The predicted octanol–water partition coefficient (Wildman–Crippen LogP) is 1.91. The van der Waals surface area contributed by atoms with Gasteiger partial charge in [0, 0.05) is 12.0 Å². The van der Waals surface area contributed by atoms with Crippen LogP contribution in [0.15, 0.2) is 11.6 Å². The second-order valence-electron chi connectivity index (χ2n) is 2.19. The van der Waals surface area contributed by atoms with E-state index in [0.29, 0.717) is 6.42 Å². The summed E-state index contributed by atoms with van der Waals surface area (Å²) in [6.45, 7) is 0. The van der Waals surface area contributed by atoms with Crippen LogP contribution in [-0.2, 0) is 0 Å². The van der Waals surface area contributed by atoms with Crippen molar-refractivity contribution in [3.05, 3.63) is 11.6 Å². The molecule has 1 nitrogen and oxygen atoms in total. The third kappa shape index (κ3) is 7.22. The van der Waals surface area contributed by atoms with Crippen LogP contribution in [0.4, 0.5) is 0 Å². The first-order valence-electron chi connectivity index (χ1n) is 3.69. The second-order valence-corrected chi connectivity index (χ2v) is 2.44. The molecular weight excluding hydrogens is 172 g/mol. The van der Waals surface area contributed by atoms with Gasteiger partial charge >= 0.3 is 0 Å². The summed E-state index contributed by atoms with van der Waals surface area (Å²) in [4.78, 5) is 0. The predicted molar refractivity (Wildman–Crippen MR) is 51.5 cm³/mol. The Hall–Kier alpha value is -0.890. The molecule has 0 aliphatic rings. The minimum Gasteiger partial charge on any atom is -0.380 e. The lowest BCUT2D eigenvalue weighted by Crippen LogP contribution is -2.00. The molecule has 64 valence electrons. The molecular formula is C10H11ClO. The number of halogens is 1. The fourth-order valence-electron chi connectivity index (χ4n) is 0.630. The Morgan fingerprint density at radius 1 is 1.58 bits per heavy atom. The molecule has 1 unspecified atom stereocenters. The minimum absolute atomic E-state index is 0.607. The molecule has 0 saturated carbocycles. The van der Waals surface area contributed by atoms with Crippen molar-refractivity contribution >= 4 is 11.6 Å². The Morgan fingerprint density at radius 2 is 2.33 bits per heavy atom. The number of allylic oxidation sites excluding steroid dienone is 1. The standard InChI is InChI=1S/C10H11ClO/c1-2-10(12)8-6-4-3-5-7-9-11/h1,7,9-10,12H,4,6,8H2/b9-7+. The first-order valence-corrected chi connectivity index (χ1v) is 4.12. The van der Waals surface area contributed by atoms with Crippen molar-refractivity contribution in [3.8, 4) is 24.2 Å². The van der Waals surface area contributed by atoms with Crippen LogP contribution in [0.3, 0.4) is 0 Å². The van der Waals surface area contributed by atoms with Crippen LogP contribution in [0.5, 0.6) is 0 Å². The summed E-state index contributed by atoms with van der Waals surface area (Å²) in [5.74, 6) is 7.84. The van der Waals surface area contributed by atoms with Gasteiger partial charge in [-0.05, 0) is 18.9 Å². The lowest BCUT2D eigenvalue weighted by atomic mass is 10.1. The van der Waals surface area contributed by atoms with E-state index in [2.05, 4.69) is 17.8 Å². The SMILES string of the molecule is C#CC(O)CCCC#C/C=C/Cl. The van der Waals surface area contributed by atoms with Gasteiger partial charge in [-0.15, -0.1) is 6.42 Å². The molecule has 0 saturated heterocycles. The number of hydrogen-bond acceptors (Lipinski definition) is 1. The molecule has 0 heterocycles. The molecule has 1 N–H and O–H groups in total. The number of terminal acetylenes is 1. The van der Waals surface area contributed by atoms with E-state index in [1.54, 1.807) is 6.08 Å². The first-order chi connectivity index (χ1) is 5.81. The van der Waals surface area contributed by atoms with E-state index in [-0.39, 0.29) is 0 Å². The third-order valence-electron chi connectivity index (χ3n) is 1.22. The Labute approximate surface area is 78.4 Å². The lowest BCUT2D eigenvalue weighted by molar-refractivity contribution is 0.219. The number of aliphatic hydroxyl groups is 1. The van der Waals surface area contributed by atoms with Gasteiger partial charge in [-0.2, -0.15) is 0 Å². The average Bonchev–Trinajstić information content (AvgIpc) is 2.10. The number of rotatable bonds is 3. The second kappa shape index (κ2) is 8.21. The molecule has 0 aromatic rings. The zero-order valence-corrected chi connectivity index (χ0v) is 7.51. The Bertz CT molecular complexity index is 226. The smallest absolute Gasteiger partial charge is 0.114 e. The van der Waals surface area contributed by atoms with Gasteiger partial charge in [0.1, 0.15) is 6.10 Å². The molecule has 2 heteroatoms. The van der Waals surface area contributed by atoms with Crippen LogP contribution in [-0.4, -0.2) is 11.2 Å². The van der Waals surface area contributed by atoms with E-state index in [1.165, 1.54) is 5.54 Å². The normalized spacial score (nSPS) is 11.8. The molecule has 12 heavy (non-hydrogen) atoms. The lowest BCUT2D eigenvalue weighted by Gasteiger charge is -1.98. The zero-order valence-electron chi connectivity index (χ0n) is 6.76. The van der Waals surface area contributed by atoms with E-state index >= 15 is 0 Å². The summed E-state index contributed by atoms with van der Waals surface area (Å²) in [5.41, 5.74) is 1.36. The van der Waals surface area contributed by atoms with Gasteiger partial charge < -0.3 is 5.11 Å². The molecule has 0 aliphatic heterocycles. The number of unbranched alkanes of at least 4 members (excludes halogenated alkanes) is 1. The van der Waals surface area contributed by atoms with Gasteiger partial charge in [-0.1, -0.05) is 29.4 Å². The molecule has 0 spiro atoms. The number of aliphatic hydroxyl groups excluding tert-OH is 1. The van der Waals surface area contributed by atoms with Gasteiger partial charge in [0.05, 0.1) is 0 Å². The largest absolute Gasteiger partial charge is 0.380 e. The van der Waals surface area contributed by atoms with Crippen molar-refractivity contribution in [2.24, 2.45) is 0 Å². The van der Waals surface area contributed by atoms with Crippen LogP contribution in [0.1, 0.15) is 19.3 Å². The van der Waals surface area contributed by atoms with Crippen LogP contribution in [0.2, 0.25) is 0 Å². The zero-order chi connectivity index (χ0) is 9.23. The monoisotopic (exact) mass is 182 g/mol. The quantitative estimate of drug-likeness (QED) is 0.522. The fraction of sp³-hybridized carbons (Fsp3) is 0.400. The van der Waals surface area contributed by atoms with Crippen molar-refractivity contribution in [2.75, 3.05) is 0 Å². The molecule has 0 aliphatic carbocycles. The summed E-state index contributed by atoms with van der Waals surface area (Å²) in [5, 5.41) is 8.94. The van der Waals surface area contributed by atoms with Crippen molar-refractivity contribution < 1.29 is 5.11 Å². The highest BCUT2D eigenvalue weighted by Gasteiger charge is 1.95. The topological polar surface area (TPSA) is 20.2 Å². The number of hydrogen-bond donors (Lipinski definition) is 1. The molecule has 0 aromatic carbocycles. The minimum atomic E-state index is -0.629.